The van der Waals surface area contributed by atoms with E-state index < -0.39 is 0 Å². The highest BCUT2D eigenvalue weighted by atomic mass is 35.5. The second-order valence-corrected chi connectivity index (χ2v) is 6.28. The Morgan fingerprint density at radius 1 is 0.591 bits per heavy atom. The lowest BCUT2D eigenvalue weighted by atomic mass is 10.00. The van der Waals surface area contributed by atoms with E-state index in [1.54, 1.807) is 0 Å². The maximum absolute atomic E-state index is 9.51. The van der Waals surface area contributed by atoms with E-state index in [2.05, 4.69) is 6.92 Å². The SMILES string of the molecule is Cc1cc(C)c(O)c(C)c1C.Cc1cc(C)c(O)c(Cl)c1C. The summed E-state index contributed by atoms with van der Waals surface area (Å²) in [7, 11) is 0. The van der Waals surface area contributed by atoms with E-state index in [0.29, 0.717) is 10.8 Å². The molecule has 0 aliphatic rings. The standard InChI is InChI=1S/C10H14O.C9H11ClO/c1-6-5-7(2)10(11)9(4)8(6)3;1-5-4-6(2)9(11)8(10)7(5)3/h5,11H,1-4H3;4,11H,1-3H3. The van der Waals surface area contributed by atoms with Gasteiger partial charge in [-0.2, -0.15) is 0 Å². The maximum atomic E-state index is 9.51. The van der Waals surface area contributed by atoms with Crippen molar-refractivity contribution >= 4 is 11.6 Å². The molecule has 0 unspecified atom stereocenters. The normalized spacial score (nSPS) is 10.2. The quantitative estimate of drug-likeness (QED) is 0.663. The lowest BCUT2D eigenvalue weighted by molar-refractivity contribution is 0.466. The van der Waals surface area contributed by atoms with Gasteiger partial charge in [0, 0.05) is 0 Å². The highest BCUT2D eigenvalue weighted by molar-refractivity contribution is 6.33. The van der Waals surface area contributed by atoms with Crippen molar-refractivity contribution in [2.75, 3.05) is 0 Å². The van der Waals surface area contributed by atoms with Crippen molar-refractivity contribution in [3.05, 3.63) is 56.1 Å². The second kappa shape index (κ2) is 7.06. The van der Waals surface area contributed by atoms with E-state index in [9.17, 15) is 10.2 Å². The van der Waals surface area contributed by atoms with Crippen molar-refractivity contribution < 1.29 is 10.2 Å². The molecule has 0 saturated carbocycles. The first-order valence-corrected chi connectivity index (χ1v) is 7.67. The molecule has 0 aliphatic heterocycles. The van der Waals surface area contributed by atoms with Gasteiger partial charge in [0.15, 0.2) is 0 Å². The lowest BCUT2D eigenvalue weighted by Crippen LogP contribution is -1.89. The molecule has 0 aliphatic carbocycles. The van der Waals surface area contributed by atoms with Gasteiger partial charge in [-0.05, 0) is 87.4 Å². The number of hydrogen-bond donors (Lipinski definition) is 2. The minimum Gasteiger partial charge on any atom is -0.507 e. The molecule has 0 bridgehead atoms. The Balaban J connectivity index is 0.000000220. The highest BCUT2D eigenvalue weighted by Crippen LogP contribution is 2.32. The molecular formula is C19H25ClO2. The zero-order chi connectivity index (χ0) is 17.2. The van der Waals surface area contributed by atoms with Gasteiger partial charge in [0.25, 0.3) is 0 Å². The zero-order valence-electron chi connectivity index (χ0n) is 14.4. The van der Waals surface area contributed by atoms with Crippen molar-refractivity contribution in [2.45, 2.75) is 48.5 Å². The largest absolute Gasteiger partial charge is 0.507 e. The number of phenols is 2. The van der Waals surface area contributed by atoms with Gasteiger partial charge in [0.05, 0.1) is 5.02 Å². The minimum atomic E-state index is 0.203. The smallest absolute Gasteiger partial charge is 0.137 e. The summed E-state index contributed by atoms with van der Waals surface area (Å²) in [6, 6.07) is 3.94. The van der Waals surface area contributed by atoms with Crippen LogP contribution in [0, 0.1) is 48.5 Å². The van der Waals surface area contributed by atoms with Crippen molar-refractivity contribution in [1.82, 2.24) is 0 Å². The van der Waals surface area contributed by atoms with Gasteiger partial charge < -0.3 is 10.2 Å². The topological polar surface area (TPSA) is 40.5 Å². The van der Waals surface area contributed by atoms with Gasteiger partial charge in [-0.25, -0.2) is 0 Å². The summed E-state index contributed by atoms with van der Waals surface area (Å²) in [5.74, 6) is 0.642. The minimum absolute atomic E-state index is 0.203. The fourth-order valence-electron chi connectivity index (χ4n) is 2.30. The maximum Gasteiger partial charge on any atom is 0.137 e. The molecule has 120 valence electrons. The van der Waals surface area contributed by atoms with Crippen LogP contribution in [0.4, 0.5) is 0 Å². The van der Waals surface area contributed by atoms with Gasteiger partial charge in [0.1, 0.15) is 11.5 Å². The van der Waals surface area contributed by atoms with Gasteiger partial charge in [-0.1, -0.05) is 23.7 Å². The molecule has 2 N–H and O–H groups in total. The second-order valence-electron chi connectivity index (χ2n) is 5.91. The van der Waals surface area contributed by atoms with E-state index in [1.165, 1.54) is 11.1 Å². The fraction of sp³-hybridized carbons (Fsp3) is 0.368. The summed E-state index contributed by atoms with van der Waals surface area (Å²) < 4.78 is 0. The molecule has 0 atom stereocenters. The molecule has 0 heterocycles. The number of benzene rings is 2. The molecule has 3 heteroatoms. The van der Waals surface area contributed by atoms with Crippen LogP contribution in [0.25, 0.3) is 0 Å². The summed E-state index contributed by atoms with van der Waals surface area (Å²) in [4.78, 5) is 0. The third-order valence-electron chi connectivity index (χ3n) is 4.25. The van der Waals surface area contributed by atoms with Crippen LogP contribution < -0.4 is 0 Å². The Kier molecular flexibility index (Phi) is 5.90. The molecule has 0 radical (unpaired) electrons. The number of rotatable bonds is 0. The first-order valence-electron chi connectivity index (χ1n) is 7.29. The first kappa shape index (κ1) is 18.4. The van der Waals surface area contributed by atoms with Crippen molar-refractivity contribution in [1.29, 1.82) is 0 Å². The summed E-state index contributed by atoms with van der Waals surface area (Å²) in [5.41, 5.74) is 7.30. The Bertz CT molecular complexity index is 590. The Morgan fingerprint density at radius 2 is 1.00 bits per heavy atom. The van der Waals surface area contributed by atoms with Gasteiger partial charge in [-0.15, -0.1) is 0 Å². The summed E-state index contributed by atoms with van der Waals surface area (Å²) >= 11 is 5.84. The summed E-state index contributed by atoms with van der Waals surface area (Å²) in [6.07, 6.45) is 0. The molecule has 2 aromatic rings. The van der Waals surface area contributed by atoms with E-state index >= 15 is 0 Å². The summed E-state index contributed by atoms with van der Waals surface area (Å²) in [6.45, 7) is 13.7. The molecular weight excluding hydrogens is 296 g/mol. The number of aryl methyl sites for hydroxylation is 4. The molecule has 0 spiro atoms. The molecule has 0 amide bonds. The van der Waals surface area contributed by atoms with E-state index in [1.807, 2.05) is 53.7 Å². The van der Waals surface area contributed by atoms with Crippen molar-refractivity contribution in [3.8, 4) is 11.5 Å². The van der Waals surface area contributed by atoms with Crippen LogP contribution in [0.1, 0.15) is 38.9 Å². The summed E-state index contributed by atoms with van der Waals surface area (Å²) in [5, 5.41) is 19.4. The third kappa shape index (κ3) is 3.75. The van der Waals surface area contributed by atoms with Gasteiger partial charge in [-0.3, -0.25) is 0 Å². The van der Waals surface area contributed by atoms with E-state index in [0.717, 1.165) is 27.8 Å². The van der Waals surface area contributed by atoms with Crippen LogP contribution in [0.2, 0.25) is 5.02 Å². The lowest BCUT2D eigenvalue weighted by Gasteiger charge is -2.09. The van der Waals surface area contributed by atoms with E-state index in [4.69, 9.17) is 11.6 Å². The number of hydrogen-bond acceptors (Lipinski definition) is 2. The molecule has 0 saturated heterocycles. The highest BCUT2D eigenvalue weighted by Gasteiger charge is 2.07. The van der Waals surface area contributed by atoms with Gasteiger partial charge in [0.2, 0.25) is 0 Å². The number of halogens is 1. The van der Waals surface area contributed by atoms with Crippen LogP contribution in [-0.4, -0.2) is 10.2 Å². The van der Waals surface area contributed by atoms with Crippen molar-refractivity contribution in [3.63, 3.8) is 0 Å². The Hall–Kier alpha value is -1.67. The predicted molar refractivity (Wildman–Crippen MR) is 94.4 cm³/mol. The van der Waals surface area contributed by atoms with Gasteiger partial charge >= 0.3 is 0 Å². The molecule has 0 aromatic heterocycles. The zero-order valence-corrected chi connectivity index (χ0v) is 15.2. The fourth-order valence-corrected chi connectivity index (χ4v) is 2.59. The van der Waals surface area contributed by atoms with Crippen molar-refractivity contribution in [2.24, 2.45) is 0 Å². The molecule has 2 aromatic carbocycles. The van der Waals surface area contributed by atoms with Crippen LogP contribution >= 0.6 is 11.6 Å². The van der Waals surface area contributed by atoms with Crippen LogP contribution in [0.5, 0.6) is 11.5 Å². The molecule has 0 fully saturated rings. The van der Waals surface area contributed by atoms with Crippen LogP contribution in [0.15, 0.2) is 12.1 Å². The average molecular weight is 321 g/mol. The van der Waals surface area contributed by atoms with Crippen LogP contribution in [-0.2, 0) is 0 Å². The van der Waals surface area contributed by atoms with E-state index in [-0.39, 0.29) is 5.75 Å². The average Bonchev–Trinajstić information content (AvgIpc) is 2.47. The number of aromatic hydroxyl groups is 2. The third-order valence-corrected chi connectivity index (χ3v) is 4.71. The molecule has 2 rings (SSSR count). The molecule has 2 nitrogen and oxygen atoms in total. The Morgan fingerprint density at radius 3 is 1.50 bits per heavy atom. The first-order chi connectivity index (χ1) is 10.1. The van der Waals surface area contributed by atoms with Crippen LogP contribution in [0.3, 0.4) is 0 Å². The Labute approximate surface area is 138 Å². The number of phenolic OH excluding ortho intramolecular Hbond substituents is 2. The molecule has 22 heavy (non-hydrogen) atoms. The predicted octanol–water partition coefficient (Wildman–Crippen LogP) is 5.60. The monoisotopic (exact) mass is 320 g/mol.